The second kappa shape index (κ2) is 7.49. The number of halogens is 1. The highest BCUT2D eigenvalue weighted by atomic mass is 19.1. The number of benzene rings is 1. The summed E-state index contributed by atoms with van der Waals surface area (Å²) in [5.74, 6) is -0.195. The van der Waals surface area contributed by atoms with Crippen LogP contribution in [0.4, 0.5) is 4.39 Å². The number of aryl methyl sites for hydroxylation is 1. The first-order chi connectivity index (χ1) is 8.58. The molecule has 0 amide bonds. The van der Waals surface area contributed by atoms with E-state index in [9.17, 15) is 4.39 Å². The number of hydrogen-bond acceptors (Lipinski definition) is 2. The van der Waals surface area contributed by atoms with E-state index >= 15 is 0 Å². The third kappa shape index (κ3) is 4.39. The summed E-state index contributed by atoms with van der Waals surface area (Å²) in [5, 5.41) is 0. The Hall–Kier alpha value is -0.930. The number of ether oxygens (including phenoxy) is 1. The molecule has 0 aliphatic carbocycles. The van der Waals surface area contributed by atoms with Gasteiger partial charge in [-0.25, -0.2) is 4.39 Å². The van der Waals surface area contributed by atoms with E-state index < -0.39 is 0 Å². The molecule has 0 aromatic heterocycles. The van der Waals surface area contributed by atoms with Crippen molar-refractivity contribution in [2.45, 2.75) is 52.2 Å². The normalized spacial score (nSPS) is 14.5. The molecule has 3 heteroatoms. The van der Waals surface area contributed by atoms with Crippen molar-refractivity contribution in [2.24, 2.45) is 5.73 Å². The minimum absolute atomic E-state index is 0.0333. The van der Waals surface area contributed by atoms with Crippen molar-refractivity contribution >= 4 is 0 Å². The molecule has 0 fully saturated rings. The van der Waals surface area contributed by atoms with E-state index in [0.717, 1.165) is 30.4 Å². The Bertz CT molecular complexity index is 362. The van der Waals surface area contributed by atoms with Crippen LogP contribution in [0.5, 0.6) is 0 Å². The van der Waals surface area contributed by atoms with Crippen molar-refractivity contribution in [3.63, 3.8) is 0 Å². The third-order valence-electron chi connectivity index (χ3n) is 3.19. The smallest absolute Gasteiger partial charge is 0.123 e. The molecule has 1 aromatic carbocycles. The highest BCUT2D eigenvalue weighted by molar-refractivity contribution is 5.27. The summed E-state index contributed by atoms with van der Waals surface area (Å²) in [5.41, 5.74) is 8.27. The number of hydrogen-bond donors (Lipinski definition) is 1. The molecular weight excluding hydrogens is 229 g/mol. The molecule has 1 rings (SSSR count). The summed E-state index contributed by atoms with van der Waals surface area (Å²) < 4.78 is 18.7. The van der Waals surface area contributed by atoms with Crippen molar-refractivity contribution < 1.29 is 9.13 Å². The molecule has 0 saturated heterocycles. The average Bonchev–Trinajstić information content (AvgIpc) is 2.32. The lowest BCUT2D eigenvalue weighted by molar-refractivity contribution is 0.0378. The van der Waals surface area contributed by atoms with Gasteiger partial charge in [-0.15, -0.1) is 0 Å². The summed E-state index contributed by atoms with van der Waals surface area (Å²) >= 11 is 0. The van der Waals surface area contributed by atoms with Crippen molar-refractivity contribution in [3.8, 4) is 0 Å². The average molecular weight is 253 g/mol. The van der Waals surface area contributed by atoms with E-state index in [0.29, 0.717) is 6.61 Å². The SMILES string of the molecule is CCCC(OCC)C(N)Cc1ccc(F)cc1C. The summed E-state index contributed by atoms with van der Waals surface area (Å²) in [4.78, 5) is 0. The summed E-state index contributed by atoms with van der Waals surface area (Å²) in [6.07, 6.45) is 2.84. The van der Waals surface area contributed by atoms with E-state index in [4.69, 9.17) is 10.5 Å². The van der Waals surface area contributed by atoms with Crippen molar-refractivity contribution in [1.29, 1.82) is 0 Å². The van der Waals surface area contributed by atoms with Gasteiger partial charge in [0.15, 0.2) is 0 Å². The van der Waals surface area contributed by atoms with E-state index in [-0.39, 0.29) is 18.0 Å². The van der Waals surface area contributed by atoms with Gasteiger partial charge in [-0.1, -0.05) is 19.4 Å². The molecule has 2 N–H and O–H groups in total. The maximum atomic E-state index is 13.0. The van der Waals surface area contributed by atoms with Gasteiger partial charge in [-0.2, -0.15) is 0 Å². The van der Waals surface area contributed by atoms with Crippen molar-refractivity contribution in [1.82, 2.24) is 0 Å². The Morgan fingerprint density at radius 2 is 2.06 bits per heavy atom. The fraction of sp³-hybridized carbons (Fsp3) is 0.600. The van der Waals surface area contributed by atoms with Gasteiger partial charge < -0.3 is 10.5 Å². The van der Waals surface area contributed by atoms with Crippen LogP contribution in [0.1, 0.15) is 37.8 Å². The molecular formula is C15H24FNO. The predicted molar refractivity (Wildman–Crippen MR) is 73.1 cm³/mol. The lowest BCUT2D eigenvalue weighted by atomic mass is 9.96. The van der Waals surface area contributed by atoms with E-state index in [1.165, 1.54) is 6.07 Å². The van der Waals surface area contributed by atoms with Gasteiger partial charge in [-0.05, 0) is 49.9 Å². The topological polar surface area (TPSA) is 35.2 Å². The van der Waals surface area contributed by atoms with Gasteiger partial charge in [0.05, 0.1) is 6.10 Å². The van der Waals surface area contributed by atoms with Crippen LogP contribution < -0.4 is 5.73 Å². The zero-order chi connectivity index (χ0) is 13.5. The van der Waals surface area contributed by atoms with Gasteiger partial charge >= 0.3 is 0 Å². The Balaban J connectivity index is 2.69. The maximum Gasteiger partial charge on any atom is 0.123 e. The molecule has 1 aromatic rings. The Kier molecular flexibility index (Phi) is 6.30. The quantitative estimate of drug-likeness (QED) is 0.810. The minimum Gasteiger partial charge on any atom is -0.377 e. The monoisotopic (exact) mass is 253 g/mol. The molecule has 2 atom stereocenters. The van der Waals surface area contributed by atoms with Crippen molar-refractivity contribution in [3.05, 3.63) is 35.1 Å². The van der Waals surface area contributed by atoms with Crippen LogP contribution in [0.25, 0.3) is 0 Å². The Labute approximate surface area is 109 Å². The second-order valence-corrected chi connectivity index (χ2v) is 4.72. The molecule has 0 aliphatic heterocycles. The van der Waals surface area contributed by atoms with Gasteiger partial charge in [-0.3, -0.25) is 0 Å². The first kappa shape index (κ1) is 15.1. The zero-order valence-electron chi connectivity index (χ0n) is 11.6. The molecule has 18 heavy (non-hydrogen) atoms. The first-order valence-corrected chi connectivity index (χ1v) is 6.70. The third-order valence-corrected chi connectivity index (χ3v) is 3.19. The molecule has 2 unspecified atom stereocenters. The second-order valence-electron chi connectivity index (χ2n) is 4.72. The van der Waals surface area contributed by atoms with E-state index in [1.54, 1.807) is 6.07 Å². The van der Waals surface area contributed by atoms with Crippen molar-refractivity contribution in [2.75, 3.05) is 6.61 Å². The maximum absolute atomic E-state index is 13.0. The van der Waals surface area contributed by atoms with Crippen LogP contribution in [0.15, 0.2) is 18.2 Å². The lowest BCUT2D eigenvalue weighted by Crippen LogP contribution is -2.38. The van der Waals surface area contributed by atoms with Crippen LogP contribution in [0.3, 0.4) is 0 Å². The fourth-order valence-electron chi connectivity index (χ4n) is 2.19. The summed E-state index contributed by atoms with van der Waals surface area (Å²) in [7, 11) is 0. The van der Waals surface area contributed by atoms with Crippen LogP contribution in [-0.4, -0.2) is 18.8 Å². The fourth-order valence-corrected chi connectivity index (χ4v) is 2.19. The number of nitrogens with two attached hydrogens (primary N) is 1. The Morgan fingerprint density at radius 3 is 2.61 bits per heavy atom. The zero-order valence-corrected chi connectivity index (χ0v) is 11.6. The molecule has 0 aliphatic rings. The minimum atomic E-state index is -0.195. The van der Waals surface area contributed by atoms with Crippen LogP contribution in [0.2, 0.25) is 0 Å². The van der Waals surface area contributed by atoms with Gasteiger partial charge in [0.1, 0.15) is 5.82 Å². The molecule has 0 bridgehead atoms. The summed E-state index contributed by atoms with van der Waals surface area (Å²) in [6, 6.07) is 4.83. The predicted octanol–water partition coefficient (Wildman–Crippen LogP) is 3.21. The largest absolute Gasteiger partial charge is 0.377 e. The Morgan fingerprint density at radius 1 is 1.33 bits per heavy atom. The van der Waals surface area contributed by atoms with Gasteiger partial charge in [0.25, 0.3) is 0 Å². The standard InChI is InChI=1S/C15H24FNO/c1-4-6-15(18-5-2)14(17)10-12-7-8-13(16)9-11(12)3/h7-9,14-15H,4-6,10,17H2,1-3H3. The number of rotatable bonds is 7. The molecule has 102 valence electrons. The molecule has 2 nitrogen and oxygen atoms in total. The summed E-state index contributed by atoms with van der Waals surface area (Å²) in [6.45, 7) is 6.71. The van der Waals surface area contributed by atoms with Crippen LogP contribution >= 0.6 is 0 Å². The lowest BCUT2D eigenvalue weighted by Gasteiger charge is -2.24. The van der Waals surface area contributed by atoms with Crippen LogP contribution in [-0.2, 0) is 11.2 Å². The molecule has 0 radical (unpaired) electrons. The highest BCUT2D eigenvalue weighted by Crippen LogP contribution is 2.15. The molecule has 0 spiro atoms. The van der Waals surface area contributed by atoms with Gasteiger partial charge in [0, 0.05) is 12.6 Å². The van der Waals surface area contributed by atoms with Gasteiger partial charge in [0.2, 0.25) is 0 Å². The van der Waals surface area contributed by atoms with E-state index in [2.05, 4.69) is 6.92 Å². The van der Waals surface area contributed by atoms with E-state index in [1.807, 2.05) is 19.9 Å². The molecule has 0 heterocycles. The highest BCUT2D eigenvalue weighted by Gasteiger charge is 2.18. The molecule has 0 saturated carbocycles. The van der Waals surface area contributed by atoms with Crippen LogP contribution in [0, 0.1) is 12.7 Å². The first-order valence-electron chi connectivity index (χ1n) is 6.70.